The Morgan fingerprint density at radius 3 is 2.35 bits per heavy atom. The number of aryl methyl sites for hydroxylation is 2. The van der Waals surface area contributed by atoms with Gasteiger partial charge in [0.1, 0.15) is 10.0 Å². The van der Waals surface area contributed by atoms with Gasteiger partial charge >= 0.3 is 0 Å². The summed E-state index contributed by atoms with van der Waals surface area (Å²) in [5.41, 5.74) is 0.412. The van der Waals surface area contributed by atoms with Crippen LogP contribution in [-0.4, -0.2) is 46.8 Å². The molecule has 0 saturated carbocycles. The van der Waals surface area contributed by atoms with E-state index in [1.807, 2.05) is 0 Å². The first kappa shape index (κ1) is 15.8. The van der Waals surface area contributed by atoms with Gasteiger partial charge in [-0.25, -0.2) is 8.42 Å². The minimum atomic E-state index is -3.62. The van der Waals surface area contributed by atoms with E-state index in [0.29, 0.717) is 31.6 Å². The van der Waals surface area contributed by atoms with Crippen LogP contribution in [0.15, 0.2) is 4.90 Å². The summed E-state index contributed by atoms with van der Waals surface area (Å²) in [6, 6.07) is 0. The van der Waals surface area contributed by atoms with Crippen LogP contribution in [0.2, 0.25) is 5.15 Å². The van der Waals surface area contributed by atoms with Gasteiger partial charge in [-0.3, -0.25) is 4.68 Å². The molecule has 0 aliphatic carbocycles. The monoisotopic (exact) mass is 321 g/mol. The molecule has 1 aromatic rings. The van der Waals surface area contributed by atoms with Crippen LogP contribution in [0.5, 0.6) is 0 Å². The van der Waals surface area contributed by atoms with Crippen LogP contribution < -0.4 is 0 Å². The number of aliphatic hydroxyl groups is 1. The summed E-state index contributed by atoms with van der Waals surface area (Å²) in [6.45, 7) is 4.20. The van der Waals surface area contributed by atoms with Crippen molar-refractivity contribution in [3.05, 3.63) is 10.8 Å². The third-order valence-electron chi connectivity index (χ3n) is 3.88. The predicted molar refractivity (Wildman–Crippen MR) is 76.1 cm³/mol. The third kappa shape index (κ3) is 2.72. The average Bonchev–Trinajstić information content (AvgIpc) is 2.63. The molecule has 1 aromatic heterocycles. The molecule has 1 fully saturated rings. The standard InChI is InChI=1S/C12H20ClN3O3S/c1-8-11(12(13)15(3)14-8)20(18,19)16-6-4-10(5-7-16)9(2)17/h9-10,17H,4-7H2,1-3H3. The Hall–Kier alpha value is -0.630. The van der Waals surface area contributed by atoms with E-state index in [2.05, 4.69) is 5.10 Å². The molecule has 8 heteroatoms. The number of aliphatic hydroxyl groups excluding tert-OH is 1. The minimum absolute atomic E-state index is 0.0946. The van der Waals surface area contributed by atoms with Gasteiger partial charge in [-0.15, -0.1) is 0 Å². The van der Waals surface area contributed by atoms with Crippen molar-refractivity contribution in [3.8, 4) is 0 Å². The Morgan fingerprint density at radius 2 is 1.95 bits per heavy atom. The first-order valence-electron chi connectivity index (χ1n) is 6.62. The lowest BCUT2D eigenvalue weighted by Gasteiger charge is -2.32. The molecule has 1 aliphatic rings. The van der Waals surface area contributed by atoms with E-state index in [9.17, 15) is 13.5 Å². The van der Waals surface area contributed by atoms with Crippen molar-refractivity contribution in [1.29, 1.82) is 0 Å². The second kappa shape index (κ2) is 5.63. The van der Waals surface area contributed by atoms with Crippen LogP contribution in [0, 0.1) is 12.8 Å². The van der Waals surface area contributed by atoms with Gasteiger partial charge in [0.25, 0.3) is 0 Å². The zero-order chi connectivity index (χ0) is 15.1. The molecule has 1 N–H and O–H groups in total. The van der Waals surface area contributed by atoms with Gasteiger partial charge in [-0.2, -0.15) is 9.40 Å². The van der Waals surface area contributed by atoms with Crippen molar-refractivity contribution in [2.75, 3.05) is 13.1 Å². The highest BCUT2D eigenvalue weighted by Crippen LogP contribution is 2.30. The fourth-order valence-corrected chi connectivity index (χ4v) is 4.81. The Labute approximate surface area is 124 Å². The minimum Gasteiger partial charge on any atom is -0.393 e. The molecular weight excluding hydrogens is 302 g/mol. The summed E-state index contributed by atoms with van der Waals surface area (Å²) in [5, 5.41) is 13.8. The second-order valence-electron chi connectivity index (χ2n) is 5.31. The molecule has 0 aromatic carbocycles. The van der Waals surface area contributed by atoms with Crippen molar-refractivity contribution in [2.45, 2.75) is 37.7 Å². The molecule has 2 heterocycles. The predicted octanol–water partition coefficient (Wildman–Crippen LogP) is 1.16. The van der Waals surface area contributed by atoms with Gasteiger partial charge in [0.2, 0.25) is 10.0 Å². The smallest absolute Gasteiger partial charge is 0.248 e. The van der Waals surface area contributed by atoms with Crippen molar-refractivity contribution in [1.82, 2.24) is 14.1 Å². The maximum Gasteiger partial charge on any atom is 0.248 e. The van der Waals surface area contributed by atoms with E-state index < -0.39 is 16.1 Å². The molecule has 0 amide bonds. The highest BCUT2D eigenvalue weighted by Gasteiger charge is 2.34. The van der Waals surface area contributed by atoms with Crippen molar-refractivity contribution in [3.63, 3.8) is 0 Å². The average molecular weight is 322 g/mol. The Kier molecular flexibility index (Phi) is 4.44. The fourth-order valence-electron chi connectivity index (χ4n) is 2.63. The summed E-state index contributed by atoms with van der Waals surface area (Å²) in [7, 11) is -2.00. The molecule has 1 saturated heterocycles. The summed E-state index contributed by atoms with van der Waals surface area (Å²) in [6.07, 6.45) is 0.922. The number of piperidine rings is 1. The zero-order valence-electron chi connectivity index (χ0n) is 11.9. The number of hydrogen-bond donors (Lipinski definition) is 1. The van der Waals surface area contributed by atoms with Gasteiger partial charge in [0, 0.05) is 20.1 Å². The summed E-state index contributed by atoms with van der Waals surface area (Å²) >= 11 is 6.05. The molecule has 1 aliphatic heterocycles. The van der Waals surface area contributed by atoms with E-state index >= 15 is 0 Å². The topological polar surface area (TPSA) is 75.4 Å². The quantitative estimate of drug-likeness (QED) is 0.906. The highest BCUT2D eigenvalue weighted by atomic mass is 35.5. The van der Waals surface area contributed by atoms with E-state index in [4.69, 9.17) is 11.6 Å². The van der Waals surface area contributed by atoms with Gasteiger partial charge in [-0.1, -0.05) is 11.6 Å². The van der Waals surface area contributed by atoms with Gasteiger partial charge in [0.15, 0.2) is 0 Å². The van der Waals surface area contributed by atoms with Crippen LogP contribution >= 0.6 is 11.6 Å². The van der Waals surface area contributed by atoms with Crippen molar-refractivity contribution in [2.24, 2.45) is 13.0 Å². The van der Waals surface area contributed by atoms with Crippen LogP contribution in [0.25, 0.3) is 0 Å². The lowest BCUT2D eigenvalue weighted by Crippen LogP contribution is -2.40. The molecule has 1 atom stereocenters. The lowest BCUT2D eigenvalue weighted by atomic mass is 9.93. The molecule has 20 heavy (non-hydrogen) atoms. The lowest BCUT2D eigenvalue weighted by molar-refractivity contribution is 0.0912. The molecular formula is C12H20ClN3O3S. The molecule has 114 valence electrons. The van der Waals surface area contributed by atoms with Crippen LogP contribution in [0.3, 0.4) is 0 Å². The second-order valence-corrected chi connectivity index (χ2v) is 7.54. The van der Waals surface area contributed by atoms with Crippen molar-refractivity contribution < 1.29 is 13.5 Å². The summed E-state index contributed by atoms with van der Waals surface area (Å²) in [5.74, 6) is 0.159. The summed E-state index contributed by atoms with van der Waals surface area (Å²) in [4.78, 5) is 0.0946. The number of aromatic nitrogens is 2. The van der Waals surface area contributed by atoms with E-state index in [-0.39, 0.29) is 16.0 Å². The zero-order valence-corrected chi connectivity index (χ0v) is 13.4. The van der Waals surface area contributed by atoms with Crippen LogP contribution in [-0.2, 0) is 17.1 Å². The van der Waals surface area contributed by atoms with Gasteiger partial charge < -0.3 is 5.11 Å². The maximum absolute atomic E-state index is 12.6. The Bertz CT molecular complexity index is 589. The fraction of sp³-hybridized carbons (Fsp3) is 0.750. The first-order valence-corrected chi connectivity index (χ1v) is 8.44. The molecule has 0 spiro atoms. The summed E-state index contributed by atoms with van der Waals surface area (Å²) < 4.78 is 28.1. The third-order valence-corrected chi connectivity index (χ3v) is 6.47. The largest absolute Gasteiger partial charge is 0.393 e. The molecule has 1 unspecified atom stereocenters. The highest BCUT2D eigenvalue weighted by molar-refractivity contribution is 7.89. The van der Waals surface area contributed by atoms with Crippen LogP contribution in [0.1, 0.15) is 25.5 Å². The number of hydrogen-bond acceptors (Lipinski definition) is 4. The molecule has 6 nitrogen and oxygen atoms in total. The van der Waals surface area contributed by atoms with E-state index in [0.717, 1.165) is 0 Å². The molecule has 0 radical (unpaired) electrons. The van der Waals surface area contributed by atoms with Crippen molar-refractivity contribution >= 4 is 21.6 Å². The maximum atomic E-state index is 12.6. The Morgan fingerprint density at radius 1 is 1.40 bits per heavy atom. The molecule has 0 bridgehead atoms. The number of sulfonamides is 1. The number of nitrogens with zero attached hydrogens (tertiary/aromatic N) is 3. The van der Waals surface area contributed by atoms with E-state index in [1.54, 1.807) is 20.9 Å². The SMILES string of the molecule is Cc1nn(C)c(Cl)c1S(=O)(=O)N1CCC(C(C)O)CC1. The van der Waals surface area contributed by atoms with E-state index in [1.165, 1.54) is 8.99 Å². The number of rotatable bonds is 3. The van der Waals surface area contributed by atoms with Gasteiger partial charge in [-0.05, 0) is 32.6 Å². The molecule has 2 rings (SSSR count). The normalized spacial score (nSPS) is 20.2. The number of halogens is 1. The van der Waals surface area contributed by atoms with Gasteiger partial charge in [0.05, 0.1) is 11.8 Å². The van der Waals surface area contributed by atoms with Crippen LogP contribution in [0.4, 0.5) is 0 Å². The Balaban J connectivity index is 2.24. The first-order chi connectivity index (χ1) is 9.25.